The number of morpholine rings is 1. The first-order valence-corrected chi connectivity index (χ1v) is 9.86. The molecular weight excluding hydrogens is 368 g/mol. The van der Waals surface area contributed by atoms with Crippen LogP contribution in [-0.2, 0) is 11.3 Å². The average Bonchev–Trinajstić information content (AvgIpc) is 3.17. The summed E-state index contributed by atoms with van der Waals surface area (Å²) in [5.74, 6) is 0.581. The molecule has 0 spiro atoms. The fourth-order valence-electron chi connectivity index (χ4n) is 3.68. The predicted molar refractivity (Wildman–Crippen MR) is 113 cm³/mol. The number of carbonyl (C=O) groups excluding carboxylic acids is 1. The van der Waals surface area contributed by atoms with E-state index in [1.54, 1.807) is 19.1 Å². The zero-order chi connectivity index (χ0) is 20.2. The van der Waals surface area contributed by atoms with Crippen molar-refractivity contribution in [3.05, 3.63) is 54.2 Å². The van der Waals surface area contributed by atoms with Gasteiger partial charge in [-0.3, -0.25) is 14.4 Å². The van der Waals surface area contributed by atoms with Gasteiger partial charge in [0.05, 0.1) is 26.9 Å². The minimum absolute atomic E-state index is 0.139. The SMILES string of the molecule is COc1cccc2c(C(=O)N(C)c3ccccc3)nn(CCN3CCOCC3)c12. The number of benzene rings is 2. The van der Waals surface area contributed by atoms with Crippen molar-refractivity contribution >= 4 is 22.5 Å². The fourth-order valence-corrected chi connectivity index (χ4v) is 3.68. The number of carbonyl (C=O) groups is 1. The third kappa shape index (κ3) is 3.97. The first-order chi connectivity index (χ1) is 14.2. The van der Waals surface area contributed by atoms with Gasteiger partial charge in [0.1, 0.15) is 11.3 Å². The highest BCUT2D eigenvalue weighted by atomic mass is 16.5. The molecule has 0 atom stereocenters. The number of para-hydroxylation sites is 2. The molecule has 7 heteroatoms. The number of fused-ring (bicyclic) bond motifs is 1. The molecule has 4 rings (SSSR count). The molecule has 2 heterocycles. The van der Waals surface area contributed by atoms with E-state index in [-0.39, 0.29) is 5.91 Å². The van der Waals surface area contributed by atoms with Crippen LogP contribution < -0.4 is 9.64 Å². The standard InChI is InChI=1S/C22H26N4O3/c1-24(17-7-4-3-5-8-17)22(27)20-18-9-6-10-19(28-2)21(18)26(23-20)12-11-25-13-15-29-16-14-25/h3-10H,11-16H2,1-2H3. The zero-order valence-electron chi connectivity index (χ0n) is 16.9. The highest BCUT2D eigenvalue weighted by Gasteiger charge is 2.23. The third-order valence-electron chi connectivity index (χ3n) is 5.34. The van der Waals surface area contributed by atoms with Crippen molar-refractivity contribution in [2.24, 2.45) is 0 Å². The lowest BCUT2D eigenvalue weighted by atomic mass is 10.1. The Kier molecular flexibility index (Phi) is 5.78. The van der Waals surface area contributed by atoms with E-state index < -0.39 is 0 Å². The Morgan fingerprint density at radius 1 is 1.10 bits per heavy atom. The summed E-state index contributed by atoms with van der Waals surface area (Å²) < 4.78 is 12.9. The largest absolute Gasteiger partial charge is 0.494 e. The summed E-state index contributed by atoms with van der Waals surface area (Å²) in [6.07, 6.45) is 0. The van der Waals surface area contributed by atoms with Crippen molar-refractivity contribution in [3.8, 4) is 5.75 Å². The fraction of sp³-hybridized carbons (Fsp3) is 0.364. The maximum atomic E-state index is 13.3. The maximum Gasteiger partial charge on any atom is 0.279 e. The summed E-state index contributed by atoms with van der Waals surface area (Å²) in [4.78, 5) is 17.2. The number of amides is 1. The number of aromatic nitrogens is 2. The van der Waals surface area contributed by atoms with Crippen molar-refractivity contribution < 1.29 is 14.3 Å². The predicted octanol–water partition coefficient (Wildman–Crippen LogP) is 2.65. The van der Waals surface area contributed by atoms with E-state index in [0.717, 1.165) is 55.2 Å². The van der Waals surface area contributed by atoms with Crippen LogP contribution in [0.25, 0.3) is 10.9 Å². The summed E-state index contributed by atoms with van der Waals surface area (Å²) in [5, 5.41) is 5.52. The molecule has 3 aromatic rings. The van der Waals surface area contributed by atoms with E-state index in [0.29, 0.717) is 12.2 Å². The molecule has 0 radical (unpaired) electrons. The van der Waals surface area contributed by atoms with Crippen LogP contribution in [-0.4, -0.2) is 67.6 Å². The van der Waals surface area contributed by atoms with Crippen molar-refractivity contribution in [2.75, 3.05) is 51.9 Å². The molecule has 0 unspecified atom stereocenters. The van der Waals surface area contributed by atoms with Gasteiger partial charge in [0.2, 0.25) is 0 Å². The zero-order valence-corrected chi connectivity index (χ0v) is 16.9. The van der Waals surface area contributed by atoms with E-state index in [4.69, 9.17) is 14.6 Å². The van der Waals surface area contributed by atoms with Gasteiger partial charge in [-0.25, -0.2) is 0 Å². The van der Waals surface area contributed by atoms with E-state index >= 15 is 0 Å². The normalized spacial score (nSPS) is 14.8. The molecule has 152 valence electrons. The van der Waals surface area contributed by atoms with E-state index in [1.807, 2.05) is 53.2 Å². The first kappa shape index (κ1) is 19.4. The quantitative estimate of drug-likeness (QED) is 0.643. The molecular formula is C22H26N4O3. The van der Waals surface area contributed by atoms with Gasteiger partial charge in [-0.15, -0.1) is 0 Å². The van der Waals surface area contributed by atoms with Crippen LogP contribution in [0, 0.1) is 0 Å². The Morgan fingerprint density at radius 2 is 1.86 bits per heavy atom. The molecule has 0 N–H and O–H groups in total. The van der Waals surface area contributed by atoms with Gasteiger partial charge < -0.3 is 14.4 Å². The highest BCUT2D eigenvalue weighted by Crippen LogP contribution is 2.29. The molecule has 0 saturated carbocycles. The number of ether oxygens (including phenoxy) is 2. The topological polar surface area (TPSA) is 59.8 Å². The first-order valence-electron chi connectivity index (χ1n) is 9.86. The molecule has 1 aromatic heterocycles. The number of rotatable bonds is 6. The van der Waals surface area contributed by atoms with Crippen LogP contribution in [0.15, 0.2) is 48.5 Å². The lowest BCUT2D eigenvalue weighted by molar-refractivity contribution is 0.0361. The van der Waals surface area contributed by atoms with Gasteiger partial charge in [-0.1, -0.05) is 30.3 Å². The van der Waals surface area contributed by atoms with Crippen LogP contribution in [0.2, 0.25) is 0 Å². The summed E-state index contributed by atoms with van der Waals surface area (Å²) in [6, 6.07) is 15.3. The average molecular weight is 394 g/mol. The molecule has 0 bridgehead atoms. The smallest absolute Gasteiger partial charge is 0.279 e. The lowest BCUT2D eigenvalue weighted by Crippen LogP contribution is -2.38. The minimum atomic E-state index is -0.139. The second kappa shape index (κ2) is 8.63. The van der Waals surface area contributed by atoms with Gasteiger partial charge in [-0.2, -0.15) is 5.10 Å². The molecule has 0 aliphatic carbocycles. The van der Waals surface area contributed by atoms with Gasteiger partial charge in [0.15, 0.2) is 5.69 Å². The molecule has 7 nitrogen and oxygen atoms in total. The summed E-state index contributed by atoms with van der Waals surface area (Å²) in [7, 11) is 3.42. The molecule has 29 heavy (non-hydrogen) atoms. The van der Waals surface area contributed by atoms with Crippen LogP contribution in [0.3, 0.4) is 0 Å². The summed E-state index contributed by atoms with van der Waals surface area (Å²) in [5.41, 5.74) is 2.12. The molecule has 2 aromatic carbocycles. The van der Waals surface area contributed by atoms with Crippen molar-refractivity contribution in [3.63, 3.8) is 0 Å². The van der Waals surface area contributed by atoms with Crippen LogP contribution in [0.5, 0.6) is 5.75 Å². The van der Waals surface area contributed by atoms with E-state index in [9.17, 15) is 4.79 Å². The Labute approximate surface area is 170 Å². The number of anilines is 1. The maximum absolute atomic E-state index is 13.3. The Bertz CT molecular complexity index is 980. The molecule has 1 aliphatic rings. The monoisotopic (exact) mass is 394 g/mol. The van der Waals surface area contributed by atoms with Gasteiger partial charge in [0, 0.05) is 37.8 Å². The van der Waals surface area contributed by atoms with E-state index in [1.165, 1.54) is 0 Å². The summed E-state index contributed by atoms with van der Waals surface area (Å²) >= 11 is 0. The Balaban J connectivity index is 1.67. The third-order valence-corrected chi connectivity index (χ3v) is 5.34. The van der Waals surface area contributed by atoms with Crippen LogP contribution in [0.4, 0.5) is 5.69 Å². The number of hydrogen-bond donors (Lipinski definition) is 0. The Hall–Kier alpha value is -2.90. The van der Waals surface area contributed by atoms with Crippen molar-refractivity contribution in [1.82, 2.24) is 14.7 Å². The second-order valence-electron chi connectivity index (χ2n) is 7.08. The number of methoxy groups -OCH3 is 1. The van der Waals surface area contributed by atoms with Crippen LogP contribution in [0.1, 0.15) is 10.5 Å². The molecule has 1 saturated heterocycles. The second-order valence-corrected chi connectivity index (χ2v) is 7.08. The molecule has 1 fully saturated rings. The Morgan fingerprint density at radius 3 is 2.59 bits per heavy atom. The highest BCUT2D eigenvalue weighted by molar-refractivity contribution is 6.13. The van der Waals surface area contributed by atoms with Gasteiger partial charge in [-0.05, 0) is 18.2 Å². The van der Waals surface area contributed by atoms with Gasteiger partial charge >= 0.3 is 0 Å². The van der Waals surface area contributed by atoms with Crippen LogP contribution >= 0.6 is 0 Å². The van der Waals surface area contributed by atoms with Crippen molar-refractivity contribution in [1.29, 1.82) is 0 Å². The summed E-state index contributed by atoms with van der Waals surface area (Å²) in [6.45, 7) is 4.88. The van der Waals surface area contributed by atoms with E-state index in [2.05, 4.69) is 4.90 Å². The molecule has 1 aliphatic heterocycles. The van der Waals surface area contributed by atoms with Crippen molar-refractivity contribution in [2.45, 2.75) is 6.54 Å². The molecule has 1 amide bonds. The lowest BCUT2D eigenvalue weighted by Gasteiger charge is -2.26. The number of hydrogen-bond acceptors (Lipinski definition) is 5. The minimum Gasteiger partial charge on any atom is -0.494 e. The van der Waals surface area contributed by atoms with Gasteiger partial charge in [0.25, 0.3) is 5.91 Å². The number of nitrogens with zero attached hydrogens (tertiary/aromatic N) is 4.